The zero-order valence-corrected chi connectivity index (χ0v) is 14.7. The predicted octanol–water partition coefficient (Wildman–Crippen LogP) is 3.58. The maximum absolute atomic E-state index is 13.7. The maximum Gasteiger partial charge on any atom is 0.338 e. The summed E-state index contributed by atoms with van der Waals surface area (Å²) in [7, 11) is 1.30. The molecule has 1 aliphatic heterocycles. The van der Waals surface area contributed by atoms with Gasteiger partial charge in [0.1, 0.15) is 5.82 Å². The topological polar surface area (TPSA) is 50.4 Å². The second kappa shape index (κ2) is 7.21. The van der Waals surface area contributed by atoms with Gasteiger partial charge in [0.05, 0.1) is 24.4 Å². The van der Waals surface area contributed by atoms with E-state index in [1.165, 1.54) is 19.2 Å². The number of benzene rings is 2. The van der Waals surface area contributed by atoms with E-state index in [-0.39, 0.29) is 0 Å². The highest BCUT2D eigenvalue weighted by atomic mass is 35.5. The minimum atomic E-state index is -0.637. The van der Waals surface area contributed by atoms with Crippen LogP contribution in [0.25, 0.3) is 5.70 Å². The number of carbonyl (C=O) groups is 1. The van der Waals surface area contributed by atoms with E-state index in [4.69, 9.17) is 28.6 Å². The second-order valence-corrected chi connectivity index (χ2v) is 6.22. The number of carbonyl (C=O) groups excluding carboxylic acids is 1. The molecule has 1 heterocycles. The van der Waals surface area contributed by atoms with Crippen molar-refractivity contribution in [3.05, 3.63) is 76.1 Å². The van der Waals surface area contributed by atoms with Crippen molar-refractivity contribution in [2.75, 3.05) is 7.11 Å². The summed E-state index contributed by atoms with van der Waals surface area (Å²) in [6, 6.07) is 12.3. The highest BCUT2D eigenvalue weighted by Gasteiger charge is 2.32. The minimum Gasteiger partial charge on any atom is -0.466 e. The first-order valence-electron chi connectivity index (χ1n) is 7.41. The normalized spacial score (nSPS) is 16.9. The number of hydrogen-bond acceptors (Lipinski definition) is 3. The van der Waals surface area contributed by atoms with E-state index in [1.807, 2.05) is 0 Å². The van der Waals surface area contributed by atoms with Crippen LogP contribution >= 0.6 is 23.8 Å². The van der Waals surface area contributed by atoms with Gasteiger partial charge in [-0.15, -0.1) is 0 Å². The molecule has 2 aromatic rings. The molecule has 0 aromatic heterocycles. The third-order valence-corrected chi connectivity index (χ3v) is 4.26. The summed E-state index contributed by atoms with van der Waals surface area (Å²) in [6.45, 7) is 0. The van der Waals surface area contributed by atoms with Crippen molar-refractivity contribution in [1.29, 1.82) is 0 Å². The fourth-order valence-electron chi connectivity index (χ4n) is 2.67. The van der Waals surface area contributed by atoms with Crippen LogP contribution in [0.4, 0.5) is 4.39 Å². The van der Waals surface area contributed by atoms with Crippen molar-refractivity contribution in [2.24, 2.45) is 0 Å². The summed E-state index contributed by atoms with van der Waals surface area (Å²) in [4.78, 5) is 12.5. The van der Waals surface area contributed by atoms with Gasteiger partial charge >= 0.3 is 5.97 Å². The van der Waals surface area contributed by atoms with Gasteiger partial charge in [-0.05, 0) is 47.6 Å². The fourth-order valence-corrected chi connectivity index (χ4v) is 3.02. The monoisotopic (exact) mass is 376 g/mol. The van der Waals surface area contributed by atoms with Crippen molar-refractivity contribution in [3.8, 4) is 0 Å². The molecule has 1 aliphatic rings. The summed E-state index contributed by atoms with van der Waals surface area (Å²) in [5, 5.41) is 6.90. The smallest absolute Gasteiger partial charge is 0.338 e. The second-order valence-electron chi connectivity index (χ2n) is 5.37. The van der Waals surface area contributed by atoms with Crippen molar-refractivity contribution in [2.45, 2.75) is 6.04 Å². The molecule has 2 aromatic carbocycles. The Morgan fingerprint density at radius 2 is 1.96 bits per heavy atom. The molecule has 0 unspecified atom stereocenters. The van der Waals surface area contributed by atoms with Gasteiger partial charge in [0.15, 0.2) is 5.11 Å². The molecule has 3 rings (SSSR count). The number of halogens is 2. The van der Waals surface area contributed by atoms with E-state index in [9.17, 15) is 9.18 Å². The standard InChI is InChI=1S/C18H14ClFN2O2S/c1-24-17(23)14-15(10-5-7-12(19)8-6-10)21-18(25)22-16(14)11-3-2-4-13(20)9-11/h2-9,16H,1H3,(H2,21,22,25)/t16-/m0/s1. The molecular weight excluding hydrogens is 363 g/mol. The largest absolute Gasteiger partial charge is 0.466 e. The van der Waals surface area contributed by atoms with E-state index in [0.717, 1.165) is 5.56 Å². The lowest BCUT2D eigenvalue weighted by molar-refractivity contribution is -0.136. The lowest BCUT2D eigenvalue weighted by Crippen LogP contribution is -2.45. The van der Waals surface area contributed by atoms with E-state index in [0.29, 0.717) is 27.0 Å². The minimum absolute atomic E-state index is 0.309. The van der Waals surface area contributed by atoms with Gasteiger partial charge in [-0.2, -0.15) is 0 Å². The van der Waals surface area contributed by atoms with Gasteiger partial charge in [0, 0.05) is 5.02 Å². The summed E-state index contributed by atoms with van der Waals surface area (Å²) < 4.78 is 18.6. The molecule has 0 saturated carbocycles. The average Bonchev–Trinajstić information content (AvgIpc) is 2.61. The van der Waals surface area contributed by atoms with Gasteiger partial charge in [0.25, 0.3) is 0 Å². The highest BCUT2D eigenvalue weighted by molar-refractivity contribution is 7.80. The Morgan fingerprint density at radius 1 is 1.24 bits per heavy atom. The molecule has 0 fully saturated rings. The molecular formula is C18H14ClFN2O2S. The van der Waals surface area contributed by atoms with Crippen LogP contribution in [0.3, 0.4) is 0 Å². The molecule has 1 atom stereocenters. The Labute approximate surface area is 154 Å². The summed E-state index contributed by atoms with van der Waals surface area (Å²) in [6.07, 6.45) is 0. The quantitative estimate of drug-likeness (QED) is 0.633. The van der Waals surface area contributed by atoms with Crippen LogP contribution in [0.2, 0.25) is 5.02 Å². The van der Waals surface area contributed by atoms with Crippen LogP contribution < -0.4 is 10.6 Å². The first kappa shape index (κ1) is 17.4. The third kappa shape index (κ3) is 3.65. The van der Waals surface area contributed by atoms with Crippen LogP contribution in [0, 0.1) is 5.82 Å². The highest BCUT2D eigenvalue weighted by Crippen LogP contribution is 2.32. The van der Waals surface area contributed by atoms with Gasteiger partial charge in [-0.25, -0.2) is 9.18 Å². The Kier molecular flexibility index (Phi) is 5.01. The van der Waals surface area contributed by atoms with Gasteiger partial charge in [-0.1, -0.05) is 35.9 Å². The average molecular weight is 377 g/mol. The SMILES string of the molecule is COC(=O)C1=C(c2ccc(Cl)cc2)NC(=S)N[C@H]1c1cccc(F)c1. The molecule has 0 amide bonds. The van der Waals surface area contributed by atoms with E-state index < -0.39 is 17.8 Å². The number of thiocarbonyl (C=S) groups is 1. The van der Waals surface area contributed by atoms with Crippen LogP contribution in [-0.2, 0) is 9.53 Å². The molecule has 7 heteroatoms. The lowest BCUT2D eigenvalue weighted by atomic mass is 9.93. The van der Waals surface area contributed by atoms with E-state index in [1.54, 1.807) is 36.4 Å². The number of methoxy groups -OCH3 is 1. The maximum atomic E-state index is 13.7. The first-order chi connectivity index (χ1) is 12.0. The predicted molar refractivity (Wildman–Crippen MR) is 98.4 cm³/mol. The fraction of sp³-hybridized carbons (Fsp3) is 0.111. The molecule has 4 nitrogen and oxygen atoms in total. The van der Waals surface area contributed by atoms with Crippen molar-refractivity contribution >= 4 is 40.6 Å². The summed E-state index contributed by atoms with van der Waals surface area (Å²) >= 11 is 11.2. The molecule has 0 saturated heterocycles. The van der Waals surface area contributed by atoms with Crippen molar-refractivity contribution in [1.82, 2.24) is 10.6 Å². The molecule has 0 aliphatic carbocycles. The van der Waals surface area contributed by atoms with Crippen LogP contribution in [-0.4, -0.2) is 18.2 Å². The zero-order chi connectivity index (χ0) is 18.0. The number of rotatable bonds is 3. The van der Waals surface area contributed by atoms with E-state index >= 15 is 0 Å². The van der Waals surface area contributed by atoms with Crippen molar-refractivity contribution < 1.29 is 13.9 Å². The molecule has 2 N–H and O–H groups in total. The number of ether oxygens (including phenoxy) is 1. The zero-order valence-electron chi connectivity index (χ0n) is 13.2. The molecule has 0 bridgehead atoms. The molecule has 0 spiro atoms. The third-order valence-electron chi connectivity index (χ3n) is 3.79. The summed E-state index contributed by atoms with van der Waals surface area (Å²) in [5.74, 6) is -0.942. The molecule has 128 valence electrons. The van der Waals surface area contributed by atoms with Crippen LogP contribution in [0.15, 0.2) is 54.1 Å². The summed E-state index contributed by atoms with van der Waals surface area (Å²) in [5.41, 5.74) is 2.09. The number of hydrogen-bond donors (Lipinski definition) is 2. The first-order valence-corrected chi connectivity index (χ1v) is 8.19. The van der Waals surface area contributed by atoms with Gasteiger partial charge in [-0.3, -0.25) is 0 Å². The Morgan fingerprint density at radius 3 is 2.60 bits per heavy atom. The van der Waals surface area contributed by atoms with Crippen LogP contribution in [0.5, 0.6) is 0 Å². The Hall–Kier alpha value is -2.44. The van der Waals surface area contributed by atoms with Gasteiger partial charge < -0.3 is 15.4 Å². The molecule has 25 heavy (non-hydrogen) atoms. The number of esters is 1. The lowest BCUT2D eigenvalue weighted by Gasteiger charge is -2.31. The van der Waals surface area contributed by atoms with E-state index in [2.05, 4.69) is 10.6 Å². The van der Waals surface area contributed by atoms with Crippen molar-refractivity contribution in [3.63, 3.8) is 0 Å². The number of nitrogens with one attached hydrogen (secondary N) is 2. The van der Waals surface area contributed by atoms with Crippen LogP contribution in [0.1, 0.15) is 17.2 Å². The Bertz CT molecular complexity index is 868. The molecule has 0 radical (unpaired) electrons. The van der Waals surface area contributed by atoms with Gasteiger partial charge in [0.2, 0.25) is 0 Å². The Balaban J connectivity index is 2.19.